The number of nitrogens with zero attached hydrogens (tertiary/aromatic N) is 3. The van der Waals surface area contributed by atoms with Crippen LogP contribution in [0.15, 0.2) is 146 Å². The van der Waals surface area contributed by atoms with Gasteiger partial charge in [0.25, 0.3) is 0 Å². The summed E-state index contributed by atoms with van der Waals surface area (Å²) in [5, 5.41) is 4.90. The molecular formula is C37H26N4. The van der Waals surface area contributed by atoms with Crippen LogP contribution in [0.1, 0.15) is 0 Å². The average Bonchev–Trinajstić information content (AvgIpc) is 3.43. The highest BCUT2D eigenvalue weighted by Crippen LogP contribution is 2.46. The van der Waals surface area contributed by atoms with Crippen LogP contribution in [0.2, 0.25) is 0 Å². The van der Waals surface area contributed by atoms with Crippen LogP contribution in [0, 0.1) is 0 Å². The van der Waals surface area contributed by atoms with E-state index in [1.807, 2.05) is 42.9 Å². The van der Waals surface area contributed by atoms with Crippen molar-refractivity contribution in [2.45, 2.75) is 6.17 Å². The molecule has 1 atom stereocenters. The average molecular weight is 527 g/mol. The Balaban J connectivity index is 1.20. The molecule has 1 unspecified atom stereocenters. The molecule has 4 heterocycles. The first-order chi connectivity index (χ1) is 20.3. The predicted molar refractivity (Wildman–Crippen MR) is 169 cm³/mol. The minimum Gasteiger partial charge on any atom is -0.359 e. The van der Waals surface area contributed by atoms with Crippen LogP contribution in [0.3, 0.4) is 0 Å². The van der Waals surface area contributed by atoms with Gasteiger partial charge in [-0.2, -0.15) is 0 Å². The molecule has 0 radical (unpaired) electrons. The highest BCUT2D eigenvalue weighted by molar-refractivity contribution is 5.96. The molecule has 4 heteroatoms. The van der Waals surface area contributed by atoms with Gasteiger partial charge in [-0.3, -0.25) is 9.97 Å². The summed E-state index contributed by atoms with van der Waals surface area (Å²) in [4.78, 5) is 11.1. The number of hydrogen-bond donors (Lipinski definition) is 1. The first-order valence-corrected chi connectivity index (χ1v) is 13.8. The van der Waals surface area contributed by atoms with Crippen LogP contribution in [-0.2, 0) is 0 Å². The number of fused-ring (bicyclic) bond motifs is 4. The molecule has 0 saturated carbocycles. The molecule has 2 aliphatic rings. The third-order valence-corrected chi connectivity index (χ3v) is 7.99. The maximum absolute atomic E-state index is 4.67. The first kappa shape index (κ1) is 23.4. The zero-order valence-corrected chi connectivity index (χ0v) is 22.3. The molecule has 8 rings (SSSR count). The summed E-state index contributed by atoms with van der Waals surface area (Å²) in [6, 6.07) is 36.8. The Kier molecular flexibility index (Phi) is 5.49. The Bertz CT molecular complexity index is 1960. The number of benzene rings is 4. The second-order valence-corrected chi connectivity index (χ2v) is 10.4. The van der Waals surface area contributed by atoms with Crippen molar-refractivity contribution in [2.75, 3.05) is 10.2 Å². The fourth-order valence-electron chi connectivity index (χ4n) is 5.84. The number of anilines is 2. The molecule has 6 aromatic rings. The van der Waals surface area contributed by atoms with E-state index in [4.69, 9.17) is 0 Å². The second kappa shape index (κ2) is 9.61. The molecule has 41 heavy (non-hydrogen) atoms. The molecule has 4 nitrogen and oxygen atoms in total. The van der Waals surface area contributed by atoms with Crippen LogP contribution in [0.5, 0.6) is 0 Å². The van der Waals surface area contributed by atoms with Gasteiger partial charge in [0.2, 0.25) is 0 Å². The summed E-state index contributed by atoms with van der Waals surface area (Å²) in [5.74, 6) is 0. The Morgan fingerprint density at radius 3 is 2.10 bits per heavy atom. The minimum absolute atomic E-state index is 0.112. The lowest BCUT2D eigenvalue weighted by molar-refractivity contribution is 0.908. The Morgan fingerprint density at radius 1 is 0.610 bits per heavy atom. The van der Waals surface area contributed by atoms with Gasteiger partial charge >= 0.3 is 0 Å². The highest BCUT2D eigenvalue weighted by Gasteiger charge is 2.29. The van der Waals surface area contributed by atoms with Gasteiger partial charge in [0.15, 0.2) is 0 Å². The van der Waals surface area contributed by atoms with Gasteiger partial charge in [-0.05, 0) is 81.9 Å². The van der Waals surface area contributed by atoms with Crippen LogP contribution in [0.4, 0.5) is 11.4 Å². The van der Waals surface area contributed by atoms with Crippen LogP contribution < -0.4 is 10.2 Å². The molecule has 0 bridgehead atoms. The van der Waals surface area contributed by atoms with Gasteiger partial charge in [0.05, 0.1) is 16.9 Å². The van der Waals surface area contributed by atoms with Gasteiger partial charge in [0, 0.05) is 41.3 Å². The quantitative estimate of drug-likeness (QED) is 0.249. The van der Waals surface area contributed by atoms with E-state index in [0.717, 1.165) is 27.7 Å². The summed E-state index contributed by atoms with van der Waals surface area (Å²) in [7, 11) is 0. The smallest absolute Gasteiger partial charge is 0.123 e. The maximum Gasteiger partial charge on any atom is 0.123 e. The summed E-state index contributed by atoms with van der Waals surface area (Å²) in [6.07, 6.45) is 14.3. The van der Waals surface area contributed by atoms with Crippen molar-refractivity contribution >= 4 is 22.3 Å². The molecule has 0 fully saturated rings. The van der Waals surface area contributed by atoms with Crippen molar-refractivity contribution in [3.63, 3.8) is 0 Å². The molecule has 0 saturated heterocycles. The fraction of sp³-hybridized carbons (Fsp3) is 0.0270. The number of aromatic nitrogens is 2. The molecule has 1 N–H and O–H groups in total. The number of rotatable bonds is 4. The summed E-state index contributed by atoms with van der Waals surface area (Å²) in [6.45, 7) is 0. The number of para-hydroxylation sites is 1. The van der Waals surface area contributed by atoms with E-state index in [1.54, 1.807) is 0 Å². The van der Waals surface area contributed by atoms with Gasteiger partial charge in [0.1, 0.15) is 6.17 Å². The predicted octanol–water partition coefficient (Wildman–Crippen LogP) is 8.94. The highest BCUT2D eigenvalue weighted by atomic mass is 15.3. The van der Waals surface area contributed by atoms with Crippen molar-refractivity contribution in [1.29, 1.82) is 0 Å². The molecule has 4 aromatic carbocycles. The summed E-state index contributed by atoms with van der Waals surface area (Å²) >= 11 is 0. The van der Waals surface area contributed by atoms with Crippen molar-refractivity contribution in [2.24, 2.45) is 0 Å². The number of allylic oxidation sites excluding steroid dienone is 2. The Labute approximate surface area is 239 Å². The maximum atomic E-state index is 4.67. The van der Waals surface area contributed by atoms with Crippen LogP contribution >= 0.6 is 0 Å². The summed E-state index contributed by atoms with van der Waals surface area (Å²) in [5.41, 5.74) is 12.7. The van der Waals surface area contributed by atoms with Crippen molar-refractivity contribution in [3.8, 4) is 44.5 Å². The van der Waals surface area contributed by atoms with E-state index in [0.29, 0.717) is 0 Å². The zero-order valence-electron chi connectivity index (χ0n) is 22.3. The molecule has 0 amide bonds. The van der Waals surface area contributed by atoms with Crippen LogP contribution in [0.25, 0.3) is 55.4 Å². The van der Waals surface area contributed by atoms with Crippen molar-refractivity contribution in [1.82, 2.24) is 9.97 Å². The largest absolute Gasteiger partial charge is 0.359 e. The zero-order chi connectivity index (χ0) is 27.2. The van der Waals surface area contributed by atoms with Gasteiger partial charge in [-0.25, -0.2) is 0 Å². The lowest BCUT2D eigenvalue weighted by Gasteiger charge is -2.22. The summed E-state index contributed by atoms with van der Waals surface area (Å²) < 4.78 is 0. The third kappa shape index (κ3) is 4.17. The Hall–Kier alpha value is -5.48. The van der Waals surface area contributed by atoms with E-state index in [9.17, 15) is 0 Å². The van der Waals surface area contributed by atoms with Gasteiger partial charge < -0.3 is 10.2 Å². The lowest BCUT2D eigenvalue weighted by Crippen LogP contribution is -2.30. The molecule has 2 aliphatic heterocycles. The molecule has 194 valence electrons. The number of hydrogen-bond acceptors (Lipinski definition) is 4. The standard InChI is InChI=1S/C37H26N4/c1-2-6-34-30(5-1)21-32(24-39-34)27-12-14-29(15-13-27)33-22-31(23-35-37(33)40-36-7-3-4-20-41(35)36)26-10-8-25(9-11-26)28-16-18-38-19-17-28/h1-24,36,40H. The van der Waals surface area contributed by atoms with E-state index in [2.05, 4.69) is 123 Å². The van der Waals surface area contributed by atoms with Crippen LogP contribution in [-0.4, -0.2) is 16.1 Å². The van der Waals surface area contributed by atoms with E-state index in [1.165, 1.54) is 39.1 Å². The van der Waals surface area contributed by atoms with Gasteiger partial charge in [-0.15, -0.1) is 0 Å². The normalized spacial score (nSPS) is 15.0. The monoisotopic (exact) mass is 526 g/mol. The molecule has 0 aliphatic carbocycles. The SMILES string of the molecule is C1=CC2Nc3c(-c4ccc(-c5cnc6ccccc6c5)cc4)cc(-c4ccc(-c5ccncc5)cc4)cc3N2C=C1. The minimum atomic E-state index is 0.112. The second-order valence-electron chi connectivity index (χ2n) is 10.4. The number of nitrogens with one attached hydrogen (secondary N) is 1. The van der Waals surface area contributed by atoms with E-state index < -0.39 is 0 Å². The van der Waals surface area contributed by atoms with Crippen molar-refractivity contribution in [3.05, 3.63) is 146 Å². The molecule has 0 spiro atoms. The van der Waals surface area contributed by atoms with Crippen molar-refractivity contribution < 1.29 is 0 Å². The fourth-order valence-corrected chi connectivity index (χ4v) is 5.84. The Morgan fingerprint density at radius 2 is 1.29 bits per heavy atom. The van der Waals surface area contributed by atoms with Gasteiger partial charge in [-0.1, -0.05) is 72.8 Å². The molecular weight excluding hydrogens is 500 g/mol. The number of pyridine rings is 2. The van der Waals surface area contributed by atoms with E-state index >= 15 is 0 Å². The first-order valence-electron chi connectivity index (χ1n) is 13.8. The molecule has 2 aromatic heterocycles. The van der Waals surface area contributed by atoms with E-state index in [-0.39, 0.29) is 6.17 Å². The lowest BCUT2D eigenvalue weighted by atomic mass is 9.94. The topological polar surface area (TPSA) is 41.1 Å². The third-order valence-electron chi connectivity index (χ3n) is 7.99.